The van der Waals surface area contributed by atoms with Gasteiger partial charge < -0.3 is 14.6 Å². The van der Waals surface area contributed by atoms with Gasteiger partial charge in [-0.3, -0.25) is 4.79 Å². The van der Waals surface area contributed by atoms with Crippen LogP contribution < -0.4 is 5.43 Å². The summed E-state index contributed by atoms with van der Waals surface area (Å²) in [6.45, 7) is -0.661. The zero-order valence-electron chi connectivity index (χ0n) is 11.3. The highest BCUT2D eigenvalue weighted by atomic mass is 35.5. The molecule has 0 saturated heterocycles. The molecule has 22 heavy (non-hydrogen) atoms. The predicted octanol–water partition coefficient (Wildman–Crippen LogP) is 1.51. The zero-order valence-corrected chi connectivity index (χ0v) is 12.9. The van der Waals surface area contributed by atoms with Crippen LogP contribution in [0.3, 0.4) is 0 Å². The minimum absolute atomic E-state index is 0.000161. The molecule has 0 spiro atoms. The first-order chi connectivity index (χ1) is 10.3. The summed E-state index contributed by atoms with van der Waals surface area (Å²) in [6, 6.07) is 7.04. The van der Waals surface area contributed by atoms with Crippen molar-refractivity contribution < 1.29 is 23.0 Å². The van der Waals surface area contributed by atoms with Crippen LogP contribution in [-0.4, -0.2) is 24.4 Å². The minimum atomic E-state index is -3.65. The normalized spacial score (nSPS) is 11.5. The number of rotatable bonds is 5. The van der Waals surface area contributed by atoms with Crippen LogP contribution in [0.15, 0.2) is 44.4 Å². The molecule has 1 aromatic carbocycles. The van der Waals surface area contributed by atoms with Crippen molar-refractivity contribution >= 4 is 21.4 Å². The van der Waals surface area contributed by atoms with E-state index < -0.39 is 27.6 Å². The fourth-order valence-electron chi connectivity index (χ4n) is 1.86. The molecular weight excluding hydrogens is 332 g/mol. The molecule has 6 nitrogen and oxygen atoms in total. The SMILES string of the molecule is O=c1cc(CCS(=O)(=O)c2ccccc2Cl)oc(CO)c1O. The Morgan fingerprint density at radius 1 is 1.23 bits per heavy atom. The van der Waals surface area contributed by atoms with E-state index in [0.29, 0.717) is 0 Å². The lowest BCUT2D eigenvalue weighted by Crippen LogP contribution is -2.12. The molecule has 0 atom stereocenters. The van der Waals surface area contributed by atoms with E-state index in [0.717, 1.165) is 6.07 Å². The molecule has 1 heterocycles. The number of aryl methyl sites for hydroxylation is 1. The van der Waals surface area contributed by atoms with Crippen LogP contribution in [0.25, 0.3) is 0 Å². The lowest BCUT2D eigenvalue weighted by atomic mass is 10.3. The van der Waals surface area contributed by atoms with Crippen LogP contribution in [0.1, 0.15) is 11.5 Å². The Balaban J connectivity index is 2.25. The van der Waals surface area contributed by atoms with E-state index in [9.17, 15) is 18.3 Å². The van der Waals surface area contributed by atoms with E-state index in [4.69, 9.17) is 21.1 Å². The van der Waals surface area contributed by atoms with Crippen molar-refractivity contribution in [3.05, 3.63) is 57.1 Å². The molecule has 0 fully saturated rings. The Kier molecular flexibility index (Phi) is 4.90. The molecule has 0 aliphatic heterocycles. The van der Waals surface area contributed by atoms with Gasteiger partial charge in [0, 0.05) is 12.5 Å². The number of benzene rings is 1. The summed E-state index contributed by atoms with van der Waals surface area (Å²) in [5, 5.41) is 18.5. The van der Waals surface area contributed by atoms with E-state index in [1.807, 2.05) is 0 Å². The van der Waals surface area contributed by atoms with Crippen molar-refractivity contribution in [3.63, 3.8) is 0 Å². The molecule has 0 bridgehead atoms. The highest BCUT2D eigenvalue weighted by molar-refractivity contribution is 7.91. The van der Waals surface area contributed by atoms with Gasteiger partial charge in [0.25, 0.3) is 0 Å². The van der Waals surface area contributed by atoms with E-state index in [1.54, 1.807) is 12.1 Å². The number of aromatic hydroxyl groups is 1. The highest BCUT2D eigenvalue weighted by Gasteiger charge is 2.19. The third-order valence-electron chi connectivity index (χ3n) is 2.98. The van der Waals surface area contributed by atoms with Gasteiger partial charge in [-0.05, 0) is 12.1 Å². The third-order valence-corrected chi connectivity index (χ3v) is 5.19. The molecule has 0 radical (unpaired) electrons. The van der Waals surface area contributed by atoms with Gasteiger partial charge in [-0.25, -0.2) is 8.42 Å². The first-order valence-electron chi connectivity index (χ1n) is 6.28. The molecule has 2 rings (SSSR count). The minimum Gasteiger partial charge on any atom is -0.502 e. The Bertz CT molecular complexity index is 841. The van der Waals surface area contributed by atoms with Crippen molar-refractivity contribution in [1.82, 2.24) is 0 Å². The second-order valence-electron chi connectivity index (χ2n) is 4.51. The van der Waals surface area contributed by atoms with E-state index in [-0.39, 0.29) is 33.6 Å². The second kappa shape index (κ2) is 6.51. The fourth-order valence-corrected chi connectivity index (χ4v) is 3.69. The summed E-state index contributed by atoms with van der Waals surface area (Å²) in [6.07, 6.45) is -0.0872. The van der Waals surface area contributed by atoms with Gasteiger partial charge >= 0.3 is 0 Å². The summed E-state index contributed by atoms with van der Waals surface area (Å²) in [5.41, 5.74) is -0.736. The number of aliphatic hydroxyl groups excluding tert-OH is 1. The number of aliphatic hydroxyl groups is 1. The van der Waals surface area contributed by atoms with Gasteiger partial charge in [0.15, 0.2) is 15.6 Å². The topological polar surface area (TPSA) is 105 Å². The predicted molar refractivity (Wildman–Crippen MR) is 79.8 cm³/mol. The van der Waals surface area contributed by atoms with Crippen molar-refractivity contribution in [2.75, 3.05) is 5.75 Å². The molecule has 2 aromatic rings. The summed E-state index contributed by atoms with van der Waals surface area (Å²) in [4.78, 5) is 11.5. The van der Waals surface area contributed by atoms with Crippen LogP contribution in [0.2, 0.25) is 5.02 Å². The molecule has 0 aliphatic rings. The molecule has 8 heteroatoms. The Morgan fingerprint density at radius 3 is 2.55 bits per heavy atom. The van der Waals surface area contributed by atoms with Crippen molar-refractivity contribution in [1.29, 1.82) is 0 Å². The van der Waals surface area contributed by atoms with Gasteiger partial charge in [-0.15, -0.1) is 0 Å². The van der Waals surface area contributed by atoms with Gasteiger partial charge in [0.05, 0.1) is 15.7 Å². The van der Waals surface area contributed by atoms with E-state index in [1.165, 1.54) is 12.1 Å². The molecule has 0 saturated carbocycles. The van der Waals surface area contributed by atoms with Gasteiger partial charge in [0.2, 0.25) is 11.2 Å². The van der Waals surface area contributed by atoms with Crippen molar-refractivity contribution in [2.24, 2.45) is 0 Å². The zero-order chi connectivity index (χ0) is 16.3. The number of hydrogen-bond acceptors (Lipinski definition) is 6. The molecule has 0 amide bonds. The lowest BCUT2D eigenvalue weighted by Gasteiger charge is -2.07. The van der Waals surface area contributed by atoms with Crippen LogP contribution in [0, 0.1) is 0 Å². The van der Waals surface area contributed by atoms with Gasteiger partial charge in [0.1, 0.15) is 12.4 Å². The monoisotopic (exact) mass is 344 g/mol. The van der Waals surface area contributed by atoms with Crippen molar-refractivity contribution in [3.8, 4) is 5.75 Å². The lowest BCUT2D eigenvalue weighted by molar-refractivity contribution is 0.228. The van der Waals surface area contributed by atoms with E-state index in [2.05, 4.69) is 0 Å². The van der Waals surface area contributed by atoms with Crippen LogP contribution >= 0.6 is 11.6 Å². The van der Waals surface area contributed by atoms with Crippen LogP contribution in [0.5, 0.6) is 5.75 Å². The fraction of sp³-hybridized carbons (Fsp3) is 0.214. The Labute approximate surface area is 131 Å². The Morgan fingerprint density at radius 2 is 1.91 bits per heavy atom. The first kappa shape index (κ1) is 16.5. The molecule has 0 aliphatic carbocycles. The summed E-state index contributed by atoms with van der Waals surface area (Å²) in [5.74, 6) is -1.24. The molecule has 0 unspecified atom stereocenters. The Hall–Kier alpha value is -1.83. The average molecular weight is 345 g/mol. The highest BCUT2D eigenvalue weighted by Crippen LogP contribution is 2.22. The second-order valence-corrected chi connectivity index (χ2v) is 6.99. The third kappa shape index (κ3) is 3.49. The summed E-state index contributed by atoms with van der Waals surface area (Å²) < 4.78 is 29.6. The van der Waals surface area contributed by atoms with Gasteiger partial charge in [-0.2, -0.15) is 0 Å². The maximum atomic E-state index is 12.2. The molecule has 118 valence electrons. The largest absolute Gasteiger partial charge is 0.502 e. The molecular formula is C14H13ClO6S. The summed E-state index contributed by atoms with van der Waals surface area (Å²) >= 11 is 5.87. The quantitative estimate of drug-likeness (QED) is 0.851. The van der Waals surface area contributed by atoms with Gasteiger partial charge in [-0.1, -0.05) is 23.7 Å². The summed E-state index contributed by atoms with van der Waals surface area (Å²) in [7, 11) is -3.65. The average Bonchev–Trinajstić information content (AvgIpc) is 2.48. The van der Waals surface area contributed by atoms with Crippen LogP contribution in [-0.2, 0) is 22.9 Å². The molecule has 1 aromatic heterocycles. The first-order valence-corrected chi connectivity index (χ1v) is 8.31. The maximum Gasteiger partial charge on any atom is 0.227 e. The number of halogens is 1. The maximum absolute atomic E-state index is 12.2. The standard InChI is InChI=1S/C14H13ClO6S/c15-10-3-1-2-4-13(10)22(19,20)6-5-9-7-11(17)14(18)12(8-16)21-9/h1-4,7,16,18H,5-6,8H2. The molecule has 2 N–H and O–H groups in total. The van der Waals surface area contributed by atoms with Crippen LogP contribution in [0.4, 0.5) is 0 Å². The van der Waals surface area contributed by atoms with Crippen molar-refractivity contribution in [2.45, 2.75) is 17.9 Å². The number of hydrogen-bond donors (Lipinski definition) is 2. The number of sulfone groups is 1. The van der Waals surface area contributed by atoms with E-state index >= 15 is 0 Å². The smallest absolute Gasteiger partial charge is 0.227 e.